The molecule has 3 aromatic rings. The molecule has 0 fully saturated rings. The zero-order chi connectivity index (χ0) is 23.5. The lowest BCUT2D eigenvalue weighted by Gasteiger charge is -2.24. The molecule has 0 atom stereocenters. The highest BCUT2D eigenvalue weighted by Crippen LogP contribution is 2.39. The van der Waals surface area contributed by atoms with Crippen LogP contribution in [0.3, 0.4) is 0 Å². The summed E-state index contributed by atoms with van der Waals surface area (Å²) >= 11 is 1.34. The molecule has 0 bridgehead atoms. The summed E-state index contributed by atoms with van der Waals surface area (Å²) < 4.78 is 59.3. The monoisotopic (exact) mass is 483 g/mol. The Morgan fingerprint density at radius 3 is 2.41 bits per heavy atom. The molecule has 0 saturated carbocycles. The van der Waals surface area contributed by atoms with Crippen LogP contribution in [0.1, 0.15) is 30.9 Å². The van der Waals surface area contributed by atoms with Crippen LogP contribution in [0.15, 0.2) is 48.5 Å². The van der Waals surface area contributed by atoms with E-state index in [1.54, 1.807) is 0 Å². The zero-order valence-electron chi connectivity index (χ0n) is 17.5. The van der Waals surface area contributed by atoms with Crippen molar-refractivity contribution >= 4 is 42.4 Å². The molecule has 32 heavy (non-hydrogen) atoms. The predicted octanol–water partition coefficient (Wildman–Crippen LogP) is 5.40. The summed E-state index contributed by atoms with van der Waals surface area (Å²) in [5, 5.41) is 10.4. The van der Waals surface area contributed by atoms with Crippen LogP contribution >= 0.6 is 11.3 Å². The van der Waals surface area contributed by atoms with Gasteiger partial charge >= 0.3 is 12.1 Å². The maximum Gasteiger partial charge on any atom is 0.394 e. The van der Waals surface area contributed by atoms with E-state index in [0.717, 1.165) is 15.6 Å². The number of carbonyl (C=O) groups is 1. The molecule has 1 N–H and O–H groups in total. The number of alkyl halides is 2. The minimum atomic E-state index is -3.85. The van der Waals surface area contributed by atoms with E-state index in [2.05, 4.69) is 4.74 Å². The van der Waals surface area contributed by atoms with Crippen LogP contribution in [0.4, 0.5) is 13.8 Å². The molecule has 0 spiro atoms. The number of ether oxygens (including phenoxy) is 1. The van der Waals surface area contributed by atoms with Gasteiger partial charge in [0.15, 0.2) is 0 Å². The quantitative estimate of drug-likeness (QED) is 0.417. The molecule has 3 rings (SSSR count). The zero-order valence-corrected chi connectivity index (χ0v) is 19.2. The van der Waals surface area contributed by atoms with Crippen molar-refractivity contribution in [3.8, 4) is 5.75 Å². The van der Waals surface area contributed by atoms with Crippen molar-refractivity contribution in [3.63, 3.8) is 0 Å². The fourth-order valence-corrected chi connectivity index (χ4v) is 6.28. The van der Waals surface area contributed by atoms with Crippen molar-refractivity contribution in [3.05, 3.63) is 59.7 Å². The molecule has 1 heterocycles. The van der Waals surface area contributed by atoms with Crippen molar-refractivity contribution < 1.29 is 31.8 Å². The summed E-state index contributed by atoms with van der Waals surface area (Å²) in [6, 6.07) is 13.3. The number of hydrogen-bond donors (Lipinski definition) is 1. The lowest BCUT2D eigenvalue weighted by atomic mass is 10.2. The molecule has 0 amide bonds. The second-order valence-corrected chi connectivity index (χ2v) is 10.4. The van der Waals surface area contributed by atoms with Gasteiger partial charge < -0.3 is 9.84 Å². The molecule has 0 aliphatic heterocycles. The molecule has 0 aliphatic carbocycles. The van der Waals surface area contributed by atoms with Gasteiger partial charge in [-0.15, -0.1) is 11.3 Å². The van der Waals surface area contributed by atoms with Crippen LogP contribution in [0.2, 0.25) is 0 Å². The van der Waals surface area contributed by atoms with Crippen LogP contribution < -0.4 is 9.04 Å². The van der Waals surface area contributed by atoms with Crippen molar-refractivity contribution in [1.29, 1.82) is 0 Å². The maximum absolute atomic E-state index is 13.2. The van der Waals surface area contributed by atoms with Gasteiger partial charge in [0.25, 0.3) is 0 Å². The summed E-state index contributed by atoms with van der Waals surface area (Å²) in [6.07, 6.45) is -3.60. The summed E-state index contributed by atoms with van der Waals surface area (Å²) in [5.41, 5.74) is 1.38. The fraction of sp³-hybridized carbons (Fsp3) is 0.318. The van der Waals surface area contributed by atoms with Crippen LogP contribution in [0, 0.1) is 6.92 Å². The van der Waals surface area contributed by atoms with E-state index in [0.29, 0.717) is 17.5 Å². The van der Waals surface area contributed by atoms with Gasteiger partial charge in [-0.25, -0.2) is 8.42 Å². The number of fused-ring (bicyclic) bond motifs is 1. The highest BCUT2D eigenvalue weighted by atomic mass is 32.2. The number of benzene rings is 2. The number of carboxylic acids is 1. The van der Waals surface area contributed by atoms with Crippen molar-refractivity contribution in [2.75, 3.05) is 10.1 Å². The molecule has 1 aromatic heterocycles. The number of aryl methyl sites for hydroxylation is 1. The first kappa shape index (κ1) is 23.9. The molecule has 2 aromatic carbocycles. The van der Waals surface area contributed by atoms with Crippen LogP contribution in [-0.4, -0.2) is 31.4 Å². The third kappa shape index (κ3) is 5.95. The van der Waals surface area contributed by atoms with E-state index in [9.17, 15) is 22.0 Å². The molecule has 0 saturated heterocycles. The van der Waals surface area contributed by atoms with Gasteiger partial charge in [-0.1, -0.05) is 30.3 Å². The third-order valence-electron chi connectivity index (χ3n) is 4.72. The van der Waals surface area contributed by atoms with Gasteiger partial charge in [0.2, 0.25) is 10.0 Å². The number of thiophene rings is 1. The van der Waals surface area contributed by atoms with E-state index in [-0.39, 0.29) is 30.9 Å². The Bertz CT molecular complexity index is 1200. The van der Waals surface area contributed by atoms with E-state index >= 15 is 0 Å². The summed E-state index contributed by atoms with van der Waals surface area (Å²) in [4.78, 5) is 10.8. The number of sulfonamides is 1. The first-order valence-electron chi connectivity index (χ1n) is 9.82. The number of nitrogens with zero attached hydrogens (tertiary/aromatic N) is 1. The number of aliphatic carboxylic acids is 1. The Balaban J connectivity index is 1.95. The average Bonchev–Trinajstić information content (AvgIpc) is 3.02. The lowest BCUT2D eigenvalue weighted by Crippen LogP contribution is -2.32. The van der Waals surface area contributed by atoms with Gasteiger partial charge in [0, 0.05) is 18.0 Å². The SMILES string of the molecule is Cc1c(N(Cc2ccc(OC(C)(F)F)cc2)S(=O)(=O)CCCC(=O)O)sc2ccccc12. The van der Waals surface area contributed by atoms with Gasteiger partial charge in [-0.3, -0.25) is 9.10 Å². The van der Waals surface area contributed by atoms with Gasteiger partial charge in [0.1, 0.15) is 10.8 Å². The Kier molecular flexibility index (Phi) is 7.04. The summed E-state index contributed by atoms with van der Waals surface area (Å²) in [6.45, 7) is 2.46. The normalized spacial score (nSPS) is 12.1. The van der Waals surface area contributed by atoms with Gasteiger partial charge in [-0.05, 0) is 48.1 Å². The van der Waals surface area contributed by atoms with E-state index in [4.69, 9.17) is 5.11 Å². The van der Waals surface area contributed by atoms with Crippen LogP contribution in [0.25, 0.3) is 10.1 Å². The third-order valence-corrected chi connectivity index (χ3v) is 7.92. The molecule has 0 radical (unpaired) electrons. The number of halogens is 2. The van der Waals surface area contributed by atoms with E-state index in [1.807, 2.05) is 31.2 Å². The summed E-state index contributed by atoms with van der Waals surface area (Å²) in [7, 11) is -3.85. The first-order chi connectivity index (χ1) is 15.0. The van der Waals surface area contributed by atoms with Crippen molar-refractivity contribution in [2.24, 2.45) is 0 Å². The standard InChI is InChI=1S/C22H23F2NO5S2/c1-15-18-6-3-4-7-19(18)31-21(15)25(32(28,29)13-5-8-20(26)27)14-16-9-11-17(12-10-16)30-22(2,23)24/h3-4,6-7,9-12H,5,8,13-14H2,1-2H3,(H,26,27). The molecule has 172 valence electrons. The Morgan fingerprint density at radius 1 is 1.16 bits per heavy atom. The maximum atomic E-state index is 13.2. The number of anilines is 1. The molecule has 0 aliphatic rings. The molecular formula is C22H23F2NO5S2. The van der Waals surface area contributed by atoms with Crippen molar-refractivity contribution in [2.45, 2.75) is 39.3 Å². The van der Waals surface area contributed by atoms with Gasteiger partial charge in [-0.2, -0.15) is 8.78 Å². The second kappa shape index (κ2) is 9.41. The van der Waals surface area contributed by atoms with Crippen LogP contribution in [0.5, 0.6) is 5.75 Å². The van der Waals surface area contributed by atoms with E-state index in [1.165, 1.54) is 39.9 Å². The number of rotatable bonds is 10. The molecular weight excluding hydrogens is 460 g/mol. The molecule has 10 heteroatoms. The second-order valence-electron chi connectivity index (χ2n) is 7.40. The van der Waals surface area contributed by atoms with E-state index < -0.39 is 22.1 Å². The summed E-state index contributed by atoms with van der Waals surface area (Å²) in [5.74, 6) is -1.42. The lowest BCUT2D eigenvalue weighted by molar-refractivity contribution is -0.159. The first-order valence-corrected chi connectivity index (χ1v) is 12.2. The van der Waals surface area contributed by atoms with Crippen molar-refractivity contribution in [1.82, 2.24) is 0 Å². The highest BCUT2D eigenvalue weighted by Gasteiger charge is 2.27. The molecule has 0 unspecified atom stereocenters. The minimum absolute atomic E-state index is 0.0174. The topological polar surface area (TPSA) is 83.9 Å². The number of carboxylic acid groups (broad SMARTS) is 1. The fourth-order valence-electron chi connectivity index (χ4n) is 3.25. The average molecular weight is 484 g/mol. The predicted molar refractivity (Wildman–Crippen MR) is 121 cm³/mol. The highest BCUT2D eigenvalue weighted by molar-refractivity contribution is 7.93. The Hall–Kier alpha value is -2.72. The Labute approximate surface area is 189 Å². The largest absolute Gasteiger partial charge is 0.481 e. The minimum Gasteiger partial charge on any atom is -0.481 e. The van der Waals surface area contributed by atoms with Crippen LogP contribution in [-0.2, 0) is 21.4 Å². The Morgan fingerprint density at radius 2 is 1.81 bits per heavy atom. The van der Waals surface area contributed by atoms with Gasteiger partial charge in [0.05, 0.1) is 12.3 Å². The number of hydrogen-bond acceptors (Lipinski definition) is 5. The smallest absolute Gasteiger partial charge is 0.394 e. The molecule has 6 nitrogen and oxygen atoms in total.